The van der Waals surface area contributed by atoms with Crippen LogP contribution in [0.5, 0.6) is 0 Å². The molecule has 1 aliphatic rings. The first-order valence-corrected chi connectivity index (χ1v) is 7.14. The van der Waals surface area contributed by atoms with Crippen molar-refractivity contribution in [2.24, 2.45) is 0 Å². The molecule has 0 amide bonds. The maximum Gasteiger partial charge on any atom is 0.340 e. The molecule has 1 aliphatic heterocycles. The Labute approximate surface area is 118 Å². The second-order valence-corrected chi connectivity index (χ2v) is 5.01. The molecule has 0 atom stereocenters. The van der Waals surface area contributed by atoms with E-state index in [4.69, 9.17) is 10.5 Å². The molecule has 1 heterocycles. The van der Waals surface area contributed by atoms with Crippen molar-refractivity contribution in [3.63, 3.8) is 0 Å². The molecule has 20 heavy (non-hydrogen) atoms. The van der Waals surface area contributed by atoms with Crippen LogP contribution < -0.4 is 10.6 Å². The zero-order chi connectivity index (χ0) is 14.5. The van der Waals surface area contributed by atoms with Gasteiger partial charge in [0.1, 0.15) is 5.82 Å². The van der Waals surface area contributed by atoms with Crippen molar-refractivity contribution < 1.29 is 13.9 Å². The fourth-order valence-corrected chi connectivity index (χ4v) is 2.52. The van der Waals surface area contributed by atoms with Crippen molar-refractivity contribution in [1.29, 1.82) is 0 Å². The molecule has 0 spiro atoms. The lowest BCUT2D eigenvalue weighted by Crippen LogP contribution is -2.25. The Morgan fingerprint density at radius 3 is 2.55 bits per heavy atom. The van der Waals surface area contributed by atoms with E-state index in [1.54, 1.807) is 6.92 Å². The Morgan fingerprint density at radius 2 is 1.95 bits per heavy atom. The molecule has 110 valence electrons. The number of rotatable bonds is 3. The van der Waals surface area contributed by atoms with Gasteiger partial charge < -0.3 is 15.4 Å². The van der Waals surface area contributed by atoms with Crippen molar-refractivity contribution in [2.75, 3.05) is 30.3 Å². The van der Waals surface area contributed by atoms with Crippen LogP contribution in [0.2, 0.25) is 0 Å². The molecule has 0 aromatic heterocycles. The first-order chi connectivity index (χ1) is 9.63. The minimum atomic E-state index is -0.499. The van der Waals surface area contributed by atoms with Crippen LogP contribution in [0, 0.1) is 5.82 Å². The lowest BCUT2D eigenvalue weighted by molar-refractivity contribution is 0.0527. The summed E-state index contributed by atoms with van der Waals surface area (Å²) < 4.78 is 19.1. The minimum Gasteiger partial charge on any atom is -0.462 e. The molecular weight excluding hydrogens is 259 g/mol. The zero-order valence-corrected chi connectivity index (χ0v) is 11.8. The van der Waals surface area contributed by atoms with Crippen LogP contribution in [0.3, 0.4) is 0 Å². The number of halogens is 1. The number of benzene rings is 1. The van der Waals surface area contributed by atoms with Crippen molar-refractivity contribution in [1.82, 2.24) is 0 Å². The summed E-state index contributed by atoms with van der Waals surface area (Å²) in [5.74, 6) is -0.876. The maximum absolute atomic E-state index is 14.1. The smallest absolute Gasteiger partial charge is 0.340 e. The second kappa shape index (κ2) is 6.59. The number of carbonyl (C=O) groups excluding carboxylic acids is 1. The number of carbonyl (C=O) groups is 1. The van der Waals surface area contributed by atoms with Gasteiger partial charge in [-0.3, -0.25) is 0 Å². The predicted octanol–water partition coefficient (Wildman–Crippen LogP) is 2.97. The van der Waals surface area contributed by atoms with Crippen molar-refractivity contribution in [3.05, 3.63) is 23.5 Å². The molecule has 5 heteroatoms. The normalized spacial score (nSPS) is 15.8. The van der Waals surface area contributed by atoms with Gasteiger partial charge in [0.2, 0.25) is 0 Å². The van der Waals surface area contributed by atoms with Crippen molar-refractivity contribution in [2.45, 2.75) is 32.6 Å². The summed E-state index contributed by atoms with van der Waals surface area (Å²) >= 11 is 0. The van der Waals surface area contributed by atoms with Gasteiger partial charge in [-0.2, -0.15) is 0 Å². The molecular formula is C15H21FN2O2. The van der Waals surface area contributed by atoms with Crippen LogP contribution in [0.15, 0.2) is 12.1 Å². The quantitative estimate of drug-likeness (QED) is 0.683. The molecule has 1 aromatic rings. The highest BCUT2D eigenvalue weighted by Gasteiger charge is 2.19. The largest absolute Gasteiger partial charge is 0.462 e. The van der Waals surface area contributed by atoms with E-state index in [2.05, 4.69) is 0 Å². The van der Waals surface area contributed by atoms with Crippen LogP contribution >= 0.6 is 0 Å². The molecule has 2 N–H and O–H groups in total. The number of nitrogens with zero attached hydrogens (tertiary/aromatic N) is 1. The van der Waals surface area contributed by atoms with Crippen LogP contribution in [0.25, 0.3) is 0 Å². The number of hydrogen-bond donors (Lipinski definition) is 1. The van der Waals surface area contributed by atoms with E-state index in [9.17, 15) is 9.18 Å². The summed E-state index contributed by atoms with van der Waals surface area (Å²) in [6.07, 6.45) is 4.41. The first-order valence-electron chi connectivity index (χ1n) is 7.14. The number of nitrogens with two attached hydrogens (primary N) is 1. The molecule has 0 aliphatic carbocycles. The lowest BCUT2D eigenvalue weighted by atomic mass is 10.1. The Balaban J connectivity index is 2.32. The summed E-state index contributed by atoms with van der Waals surface area (Å²) in [5.41, 5.74) is 6.54. The number of hydrogen-bond acceptors (Lipinski definition) is 4. The third kappa shape index (κ3) is 3.21. The van der Waals surface area contributed by atoms with Crippen LogP contribution in [0.1, 0.15) is 43.0 Å². The van der Waals surface area contributed by atoms with Gasteiger partial charge in [0.15, 0.2) is 0 Å². The van der Waals surface area contributed by atoms with Gasteiger partial charge in [0.25, 0.3) is 0 Å². The van der Waals surface area contributed by atoms with Crippen LogP contribution in [-0.2, 0) is 4.74 Å². The van der Waals surface area contributed by atoms with E-state index in [0.717, 1.165) is 38.8 Å². The lowest BCUT2D eigenvalue weighted by Gasteiger charge is -2.24. The molecule has 0 bridgehead atoms. The first kappa shape index (κ1) is 14.6. The van der Waals surface area contributed by atoms with E-state index in [1.807, 2.05) is 4.90 Å². The average Bonchev–Trinajstić information content (AvgIpc) is 2.68. The molecule has 1 fully saturated rings. The molecule has 0 saturated carbocycles. The molecule has 0 unspecified atom stereocenters. The minimum absolute atomic E-state index is 0.125. The average molecular weight is 280 g/mol. The van der Waals surface area contributed by atoms with Gasteiger partial charge in [-0.25, -0.2) is 9.18 Å². The van der Waals surface area contributed by atoms with E-state index >= 15 is 0 Å². The molecule has 2 rings (SSSR count). The number of esters is 1. The van der Waals surface area contributed by atoms with Gasteiger partial charge >= 0.3 is 5.97 Å². The number of ether oxygens (including phenoxy) is 1. The molecule has 1 aromatic carbocycles. The van der Waals surface area contributed by atoms with Gasteiger partial charge in [0.05, 0.1) is 17.9 Å². The van der Waals surface area contributed by atoms with Gasteiger partial charge in [-0.15, -0.1) is 0 Å². The highest BCUT2D eigenvalue weighted by Crippen LogP contribution is 2.28. The van der Waals surface area contributed by atoms with E-state index in [-0.39, 0.29) is 23.7 Å². The SMILES string of the molecule is CCOC(=O)c1cc(N2CCCCCC2)c(F)cc1N. The number of nitrogen functional groups attached to an aromatic ring is 1. The zero-order valence-electron chi connectivity index (χ0n) is 11.8. The fraction of sp³-hybridized carbons (Fsp3) is 0.533. The van der Waals surface area contributed by atoms with Gasteiger partial charge in [-0.05, 0) is 31.9 Å². The Hall–Kier alpha value is -1.78. The van der Waals surface area contributed by atoms with Gasteiger partial charge in [0, 0.05) is 18.8 Å². The Morgan fingerprint density at radius 1 is 1.30 bits per heavy atom. The molecule has 1 saturated heterocycles. The standard InChI is InChI=1S/C15H21FN2O2/c1-2-20-15(19)11-9-14(12(16)10-13(11)17)18-7-5-3-4-6-8-18/h9-10H,2-8,17H2,1H3. The fourth-order valence-electron chi connectivity index (χ4n) is 2.52. The maximum atomic E-state index is 14.1. The topological polar surface area (TPSA) is 55.6 Å². The molecule has 0 radical (unpaired) electrons. The summed E-state index contributed by atoms with van der Waals surface area (Å²) in [7, 11) is 0. The monoisotopic (exact) mass is 280 g/mol. The van der Waals surface area contributed by atoms with Crippen molar-refractivity contribution in [3.8, 4) is 0 Å². The predicted molar refractivity (Wildman–Crippen MR) is 77.4 cm³/mol. The van der Waals surface area contributed by atoms with E-state index in [1.165, 1.54) is 12.1 Å². The Bertz CT molecular complexity index is 483. The third-order valence-corrected chi connectivity index (χ3v) is 3.56. The molecule has 4 nitrogen and oxygen atoms in total. The summed E-state index contributed by atoms with van der Waals surface area (Å²) in [5, 5.41) is 0. The van der Waals surface area contributed by atoms with Gasteiger partial charge in [-0.1, -0.05) is 12.8 Å². The third-order valence-electron chi connectivity index (χ3n) is 3.56. The second-order valence-electron chi connectivity index (χ2n) is 5.01. The van der Waals surface area contributed by atoms with Crippen LogP contribution in [0.4, 0.5) is 15.8 Å². The highest BCUT2D eigenvalue weighted by molar-refractivity contribution is 5.96. The van der Waals surface area contributed by atoms with E-state index < -0.39 is 5.97 Å². The summed E-state index contributed by atoms with van der Waals surface area (Å²) in [4.78, 5) is 13.8. The van der Waals surface area contributed by atoms with Crippen LogP contribution in [-0.4, -0.2) is 25.7 Å². The van der Waals surface area contributed by atoms with Crippen molar-refractivity contribution >= 4 is 17.3 Å². The summed E-state index contributed by atoms with van der Waals surface area (Å²) in [6.45, 7) is 3.62. The van der Waals surface area contributed by atoms with E-state index in [0.29, 0.717) is 5.69 Å². The Kier molecular flexibility index (Phi) is 4.82. The number of anilines is 2. The summed E-state index contributed by atoms with van der Waals surface area (Å²) in [6, 6.07) is 2.74. The highest BCUT2D eigenvalue weighted by atomic mass is 19.1.